The second-order valence-corrected chi connectivity index (χ2v) is 4.32. The van der Waals surface area contributed by atoms with E-state index in [1.165, 1.54) is 12.1 Å². The Balaban J connectivity index is 2.00. The first-order valence-corrected chi connectivity index (χ1v) is 5.57. The summed E-state index contributed by atoms with van der Waals surface area (Å²) in [5.74, 6) is 0.113. The minimum Gasteiger partial charge on any atom is -0.395 e. The summed E-state index contributed by atoms with van der Waals surface area (Å²) in [7, 11) is 0. The summed E-state index contributed by atoms with van der Waals surface area (Å²) in [5, 5.41) is 9.00. The summed E-state index contributed by atoms with van der Waals surface area (Å²) in [4.78, 5) is 2.18. The van der Waals surface area contributed by atoms with Gasteiger partial charge < -0.3 is 15.7 Å². The molecule has 0 aliphatic carbocycles. The van der Waals surface area contributed by atoms with E-state index < -0.39 is 0 Å². The van der Waals surface area contributed by atoms with Gasteiger partial charge in [-0.2, -0.15) is 0 Å². The highest BCUT2D eigenvalue weighted by molar-refractivity contribution is 5.47. The van der Waals surface area contributed by atoms with Crippen molar-refractivity contribution in [2.75, 3.05) is 24.6 Å². The second-order valence-electron chi connectivity index (χ2n) is 4.32. The van der Waals surface area contributed by atoms with Crippen LogP contribution in [0.4, 0.5) is 10.1 Å². The van der Waals surface area contributed by atoms with Gasteiger partial charge in [0.1, 0.15) is 5.82 Å². The largest absolute Gasteiger partial charge is 0.395 e. The molecule has 2 unspecified atom stereocenters. The summed E-state index contributed by atoms with van der Waals surface area (Å²) in [6.07, 6.45) is 0.985. The fraction of sp³-hybridized carbons (Fsp3) is 0.500. The minimum absolute atomic E-state index is 0.0297. The number of aliphatic hydroxyl groups excluding tert-OH is 1. The van der Waals surface area contributed by atoms with Gasteiger partial charge in [0.05, 0.1) is 6.61 Å². The average Bonchev–Trinajstić information content (AvgIpc) is 2.78. The summed E-state index contributed by atoms with van der Waals surface area (Å²) >= 11 is 0. The number of aliphatic hydroxyl groups is 1. The molecule has 1 heterocycles. The molecule has 3 N–H and O–H groups in total. The third kappa shape index (κ3) is 2.33. The molecule has 3 nitrogen and oxygen atoms in total. The maximum absolute atomic E-state index is 12.8. The van der Waals surface area contributed by atoms with E-state index in [0.717, 1.165) is 25.2 Å². The van der Waals surface area contributed by atoms with Crippen LogP contribution in [0, 0.1) is 11.7 Å². The minimum atomic E-state index is -0.216. The second kappa shape index (κ2) is 4.80. The van der Waals surface area contributed by atoms with E-state index in [1.807, 2.05) is 0 Å². The Bertz CT molecular complexity index is 341. The fourth-order valence-electron chi connectivity index (χ4n) is 2.17. The van der Waals surface area contributed by atoms with Crippen molar-refractivity contribution >= 4 is 5.69 Å². The quantitative estimate of drug-likeness (QED) is 0.804. The predicted molar refractivity (Wildman–Crippen MR) is 61.8 cm³/mol. The zero-order valence-electron chi connectivity index (χ0n) is 9.14. The number of anilines is 1. The van der Waals surface area contributed by atoms with Gasteiger partial charge in [0.2, 0.25) is 0 Å². The van der Waals surface area contributed by atoms with Gasteiger partial charge in [-0.3, -0.25) is 0 Å². The molecule has 1 aromatic rings. The van der Waals surface area contributed by atoms with Crippen molar-refractivity contribution in [2.45, 2.75) is 12.5 Å². The van der Waals surface area contributed by atoms with Crippen LogP contribution in [-0.4, -0.2) is 30.8 Å². The van der Waals surface area contributed by atoms with E-state index in [9.17, 15) is 4.39 Å². The Morgan fingerprint density at radius 2 is 2.12 bits per heavy atom. The molecule has 1 aromatic carbocycles. The fourth-order valence-corrected chi connectivity index (χ4v) is 2.17. The van der Waals surface area contributed by atoms with Gasteiger partial charge in [-0.1, -0.05) is 0 Å². The lowest BCUT2D eigenvalue weighted by Crippen LogP contribution is -2.35. The maximum Gasteiger partial charge on any atom is 0.123 e. The molecule has 0 bridgehead atoms. The average molecular weight is 224 g/mol. The first-order valence-electron chi connectivity index (χ1n) is 5.57. The van der Waals surface area contributed by atoms with Gasteiger partial charge in [-0.25, -0.2) is 4.39 Å². The number of rotatable bonds is 3. The van der Waals surface area contributed by atoms with E-state index in [-0.39, 0.29) is 18.5 Å². The van der Waals surface area contributed by atoms with Crippen LogP contribution in [0.15, 0.2) is 24.3 Å². The summed E-state index contributed by atoms with van der Waals surface area (Å²) in [5.41, 5.74) is 6.83. The van der Waals surface area contributed by atoms with Crippen molar-refractivity contribution < 1.29 is 9.50 Å². The van der Waals surface area contributed by atoms with Crippen LogP contribution in [0.5, 0.6) is 0 Å². The van der Waals surface area contributed by atoms with E-state index in [0.29, 0.717) is 5.92 Å². The lowest BCUT2D eigenvalue weighted by molar-refractivity contribution is 0.233. The summed E-state index contributed by atoms with van der Waals surface area (Å²) < 4.78 is 12.8. The molecule has 88 valence electrons. The summed E-state index contributed by atoms with van der Waals surface area (Å²) in [6, 6.07) is 6.35. The lowest BCUT2D eigenvalue weighted by atomic mass is 10.0. The van der Waals surface area contributed by atoms with Gasteiger partial charge in [-0.05, 0) is 36.6 Å². The third-order valence-corrected chi connectivity index (χ3v) is 3.23. The van der Waals surface area contributed by atoms with E-state index in [1.54, 1.807) is 12.1 Å². The van der Waals surface area contributed by atoms with Crippen molar-refractivity contribution in [3.63, 3.8) is 0 Å². The molecule has 2 atom stereocenters. The molecule has 0 radical (unpaired) electrons. The molecule has 4 heteroatoms. The molecule has 0 spiro atoms. The molecule has 1 aliphatic heterocycles. The Labute approximate surface area is 94.7 Å². The normalized spacial score (nSPS) is 22.4. The third-order valence-electron chi connectivity index (χ3n) is 3.23. The summed E-state index contributed by atoms with van der Waals surface area (Å²) in [6.45, 7) is 1.79. The number of halogens is 1. The van der Waals surface area contributed by atoms with Crippen molar-refractivity contribution in [1.82, 2.24) is 0 Å². The first-order chi connectivity index (χ1) is 7.70. The van der Waals surface area contributed by atoms with Crippen LogP contribution in [0.1, 0.15) is 6.42 Å². The standard InChI is InChI=1S/C12H17FN2O/c13-10-1-3-11(4-2-10)15-6-5-9(7-15)12(14)8-16/h1-4,9,12,16H,5-8,14H2. The molecule has 1 fully saturated rings. The number of hydrogen-bond donors (Lipinski definition) is 2. The van der Waals surface area contributed by atoms with Crippen molar-refractivity contribution in [3.8, 4) is 0 Å². The van der Waals surface area contributed by atoms with Crippen molar-refractivity contribution in [3.05, 3.63) is 30.1 Å². The number of hydrogen-bond acceptors (Lipinski definition) is 3. The number of nitrogens with two attached hydrogens (primary N) is 1. The smallest absolute Gasteiger partial charge is 0.123 e. The van der Waals surface area contributed by atoms with Crippen LogP contribution in [0.25, 0.3) is 0 Å². The zero-order valence-corrected chi connectivity index (χ0v) is 9.14. The number of nitrogens with zero attached hydrogens (tertiary/aromatic N) is 1. The van der Waals surface area contributed by atoms with Crippen molar-refractivity contribution in [1.29, 1.82) is 0 Å². The molecule has 1 aliphatic rings. The SMILES string of the molecule is NC(CO)C1CCN(c2ccc(F)cc2)C1. The predicted octanol–water partition coefficient (Wildman–Crippen LogP) is 0.972. The van der Waals surface area contributed by atoms with Crippen molar-refractivity contribution in [2.24, 2.45) is 11.7 Å². The van der Waals surface area contributed by atoms with Gasteiger partial charge in [0.25, 0.3) is 0 Å². The first kappa shape index (κ1) is 11.4. The van der Waals surface area contributed by atoms with Crippen LogP contribution in [0.2, 0.25) is 0 Å². The Hall–Kier alpha value is -1.13. The zero-order chi connectivity index (χ0) is 11.5. The molecule has 0 amide bonds. The molecular formula is C12H17FN2O. The Kier molecular flexibility index (Phi) is 3.41. The Morgan fingerprint density at radius 3 is 2.75 bits per heavy atom. The number of benzene rings is 1. The van der Waals surface area contributed by atoms with E-state index in [4.69, 9.17) is 10.8 Å². The Morgan fingerprint density at radius 1 is 1.44 bits per heavy atom. The molecule has 0 saturated carbocycles. The van der Waals surface area contributed by atoms with Crippen LogP contribution >= 0.6 is 0 Å². The van der Waals surface area contributed by atoms with Gasteiger partial charge in [0.15, 0.2) is 0 Å². The monoisotopic (exact) mass is 224 g/mol. The van der Waals surface area contributed by atoms with Gasteiger partial charge in [0, 0.05) is 24.8 Å². The highest BCUT2D eigenvalue weighted by Gasteiger charge is 2.27. The highest BCUT2D eigenvalue weighted by Crippen LogP contribution is 2.25. The molecular weight excluding hydrogens is 207 g/mol. The topological polar surface area (TPSA) is 49.5 Å². The molecule has 2 rings (SSSR count). The lowest BCUT2D eigenvalue weighted by Gasteiger charge is -2.20. The molecule has 16 heavy (non-hydrogen) atoms. The van der Waals surface area contributed by atoms with E-state index >= 15 is 0 Å². The van der Waals surface area contributed by atoms with Crippen LogP contribution in [0.3, 0.4) is 0 Å². The maximum atomic E-state index is 12.8. The van der Waals surface area contributed by atoms with Crippen LogP contribution in [-0.2, 0) is 0 Å². The van der Waals surface area contributed by atoms with E-state index in [2.05, 4.69) is 4.90 Å². The van der Waals surface area contributed by atoms with Gasteiger partial charge >= 0.3 is 0 Å². The molecule has 0 aromatic heterocycles. The highest BCUT2D eigenvalue weighted by atomic mass is 19.1. The molecule has 1 saturated heterocycles. The van der Waals surface area contributed by atoms with Crippen LogP contribution < -0.4 is 10.6 Å². The van der Waals surface area contributed by atoms with Gasteiger partial charge in [-0.15, -0.1) is 0 Å².